The fraction of sp³-hybridized carbons (Fsp3) is 0.817. The highest BCUT2D eigenvalue weighted by Gasteiger charge is 2.19. The van der Waals surface area contributed by atoms with Crippen LogP contribution in [0.4, 0.5) is 0 Å². The molecular weight excluding hydrogens is 949 g/mol. The molecule has 0 aromatic carbocycles. The Morgan fingerprint density at radius 2 is 0.468 bits per heavy atom. The standard InChI is InChI=1S/C71H128O6/c1-4-7-10-13-16-19-22-24-26-27-28-29-30-31-32-33-34-35-36-37-38-39-40-41-42-43-45-46-49-52-55-58-61-64-70(73)76-67-68(66-75-69(72)63-60-57-54-51-48-21-18-15-12-9-6-3)77-71(74)65-62-59-56-53-50-47-44-25-23-20-17-14-11-8-5-2/h17,20,22,24-25,27-28,30-31,44,68H,4-16,18-19,21,23,26,29,32-43,45-67H2,1-3H3/b20-17-,24-22-,28-27-,31-30-,44-25-. The van der Waals surface area contributed by atoms with Crippen molar-refractivity contribution in [2.75, 3.05) is 13.2 Å². The van der Waals surface area contributed by atoms with E-state index in [0.29, 0.717) is 19.3 Å². The van der Waals surface area contributed by atoms with E-state index in [9.17, 15) is 14.4 Å². The maximum absolute atomic E-state index is 12.9. The van der Waals surface area contributed by atoms with Gasteiger partial charge in [0.25, 0.3) is 0 Å². The Bertz CT molecular complexity index is 1380. The Morgan fingerprint density at radius 1 is 0.260 bits per heavy atom. The summed E-state index contributed by atoms with van der Waals surface area (Å²) in [6.45, 7) is 6.62. The average molecular weight is 1080 g/mol. The zero-order valence-corrected chi connectivity index (χ0v) is 51.5. The largest absolute Gasteiger partial charge is 0.462 e. The number of carbonyl (C=O) groups excluding carboxylic acids is 3. The van der Waals surface area contributed by atoms with Crippen LogP contribution in [0.25, 0.3) is 0 Å². The number of unbranched alkanes of at least 4 members (excludes halogenated alkanes) is 41. The number of esters is 3. The number of rotatable bonds is 62. The third-order valence-corrected chi connectivity index (χ3v) is 15.0. The van der Waals surface area contributed by atoms with Gasteiger partial charge >= 0.3 is 17.9 Å². The van der Waals surface area contributed by atoms with E-state index in [2.05, 4.69) is 81.5 Å². The normalized spacial score (nSPS) is 12.4. The summed E-state index contributed by atoms with van der Waals surface area (Å²) in [6.07, 6.45) is 84.0. The minimum absolute atomic E-state index is 0.0752. The second-order valence-electron chi connectivity index (χ2n) is 22.7. The van der Waals surface area contributed by atoms with Crippen LogP contribution in [-0.4, -0.2) is 37.2 Å². The predicted molar refractivity (Wildman–Crippen MR) is 335 cm³/mol. The Hall–Kier alpha value is -2.89. The van der Waals surface area contributed by atoms with Crippen LogP contribution in [0.5, 0.6) is 0 Å². The lowest BCUT2D eigenvalue weighted by Crippen LogP contribution is -2.30. The molecular formula is C71H128O6. The highest BCUT2D eigenvalue weighted by molar-refractivity contribution is 5.71. The Kier molecular flexibility index (Phi) is 63.2. The molecule has 0 rings (SSSR count). The maximum Gasteiger partial charge on any atom is 0.306 e. The number of carbonyl (C=O) groups is 3. The van der Waals surface area contributed by atoms with E-state index in [1.54, 1.807) is 0 Å². The molecule has 0 aliphatic heterocycles. The van der Waals surface area contributed by atoms with Crippen molar-refractivity contribution in [3.05, 3.63) is 60.8 Å². The molecule has 0 amide bonds. The molecule has 6 nitrogen and oxygen atoms in total. The van der Waals surface area contributed by atoms with Crippen molar-refractivity contribution in [3.8, 4) is 0 Å². The first-order valence-corrected chi connectivity index (χ1v) is 33.8. The summed E-state index contributed by atoms with van der Waals surface area (Å²) in [6, 6.07) is 0. The molecule has 448 valence electrons. The molecule has 0 fully saturated rings. The predicted octanol–water partition coefficient (Wildman–Crippen LogP) is 23.1. The van der Waals surface area contributed by atoms with Gasteiger partial charge in [0.1, 0.15) is 13.2 Å². The van der Waals surface area contributed by atoms with Gasteiger partial charge in [-0.3, -0.25) is 14.4 Å². The van der Waals surface area contributed by atoms with E-state index in [4.69, 9.17) is 14.2 Å². The van der Waals surface area contributed by atoms with Gasteiger partial charge in [-0.05, 0) is 89.9 Å². The van der Waals surface area contributed by atoms with Gasteiger partial charge in [0.2, 0.25) is 0 Å². The fourth-order valence-electron chi connectivity index (χ4n) is 9.89. The molecule has 0 aliphatic carbocycles. The molecule has 0 bridgehead atoms. The van der Waals surface area contributed by atoms with E-state index in [1.807, 2.05) is 0 Å². The summed E-state index contributed by atoms with van der Waals surface area (Å²) >= 11 is 0. The highest BCUT2D eigenvalue weighted by atomic mass is 16.6. The minimum atomic E-state index is -0.778. The first-order chi connectivity index (χ1) is 38.0. The van der Waals surface area contributed by atoms with Crippen LogP contribution in [0.2, 0.25) is 0 Å². The zero-order valence-electron chi connectivity index (χ0n) is 51.5. The van der Waals surface area contributed by atoms with Crippen LogP contribution >= 0.6 is 0 Å². The minimum Gasteiger partial charge on any atom is -0.462 e. The summed E-state index contributed by atoms with van der Waals surface area (Å²) in [7, 11) is 0. The smallest absolute Gasteiger partial charge is 0.306 e. The first kappa shape index (κ1) is 74.1. The monoisotopic (exact) mass is 1080 g/mol. The first-order valence-electron chi connectivity index (χ1n) is 33.8. The third-order valence-electron chi connectivity index (χ3n) is 15.0. The lowest BCUT2D eigenvalue weighted by atomic mass is 10.0. The molecule has 0 saturated heterocycles. The molecule has 0 radical (unpaired) electrons. The van der Waals surface area contributed by atoms with Crippen molar-refractivity contribution in [2.24, 2.45) is 0 Å². The summed E-state index contributed by atoms with van der Waals surface area (Å²) < 4.78 is 16.9. The van der Waals surface area contributed by atoms with Crippen molar-refractivity contribution in [1.82, 2.24) is 0 Å². The number of allylic oxidation sites excluding steroid dienone is 10. The summed E-state index contributed by atoms with van der Waals surface area (Å²) in [4.78, 5) is 38.2. The van der Waals surface area contributed by atoms with Gasteiger partial charge in [0, 0.05) is 19.3 Å². The second-order valence-corrected chi connectivity index (χ2v) is 22.7. The quantitative estimate of drug-likeness (QED) is 0.0261. The summed E-state index contributed by atoms with van der Waals surface area (Å²) in [5, 5.41) is 0. The fourth-order valence-corrected chi connectivity index (χ4v) is 9.89. The summed E-state index contributed by atoms with van der Waals surface area (Å²) in [5.74, 6) is -0.871. The number of ether oxygens (including phenoxy) is 3. The molecule has 0 saturated carbocycles. The van der Waals surface area contributed by atoms with Gasteiger partial charge in [0.05, 0.1) is 0 Å². The summed E-state index contributed by atoms with van der Waals surface area (Å²) in [5.41, 5.74) is 0. The van der Waals surface area contributed by atoms with Crippen LogP contribution < -0.4 is 0 Å². The SMILES string of the molecule is CCCCC/C=C\C/C=C\CCCCCCCC(=O)OC(COC(=O)CCCCCCCCCCCCC)COC(=O)CCCCCCCCCCCCCCCCCCCC/C=C\C/C=C\C/C=C\CCCCCCC. The van der Waals surface area contributed by atoms with Gasteiger partial charge in [-0.25, -0.2) is 0 Å². The molecule has 0 spiro atoms. The Labute approximate surface area is 479 Å². The highest BCUT2D eigenvalue weighted by Crippen LogP contribution is 2.17. The second kappa shape index (κ2) is 65.6. The average Bonchev–Trinajstić information content (AvgIpc) is 3.43. The molecule has 77 heavy (non-hydrogen) atoms. The van der Waals surface area contributed by atoms with Gasteiger partial charge in [-0.15, -0.1) is 0 Å². The van der Waals surface area contributed by atoms with E-state index >= 15 is 0 Å². The van der Waals surface area contributed by atoms with Gasteiger partial charge in [0.15, 0.2) is 6.10 Å². The van der Waals surface area contributed by atoms with Crippen LogP contribution in [0, 0.1) is 0 Å². The van der Waals surface area contributed by atoms with Crippen molar-refractivity contribution in [2.45, 2.75) is 361 Å². The molecule has 0 aliphatic rings. The Balaban J connectivity index is 4.09. The van der Waals surface area contributed by atoms with Crippen LogP contribution in [0.15, 0.2) is 60.8 Å². The topological polar surface area (TPSA) is 78.9 Å². The van der Waals surface area contributed by atoms with Crippen LogP contribution in [0.1, 0.15) is 355 Å². The third kappa shape index (κ3) is 63.8. The molecule has 0 N–H and O–H groups in total. The maximum atomic E-state index is 12.9. The van der Waals surface area contributed by atoms with Gasteiger partial charge < -0.3 is 14.2 Å². The van der Waals surface area contributed by atoms with Gasteiger partial charge in [-0.2, -0.15) is 0 Å². The van der Waals surface area contributed by atoms with E-state index in [-0.39, 0.29) is 31.1 Å². The lowest BCUT2D eigenvalue weighted by molar-refractivity contribution is -0.167. The van der Waals surface area contributed by atoms with Crippen molar-refractivity contribution in [3.63, 3.8) is 0 Å². The molecule has 0 aromatic rings. The lowest BCUT2D eigenvalue weighted by Gasteiger charge is -2.18. The van der Waals surface area contributed by atoms with Crippen molar-refractivity contribution >= 4 is 17.9 Å². The van der Waals surface area contributed by atoms with Crippen molar-refractivity contribution < 1.29 is 28.6 Å². The molecule has 1 unspecified atom stereocenters. The molecule has 1 atom stereocenters. The number of hydrogen-bond donors (Lipinski definition) is 0. The van der Waals surface area contributed by atoms with Crippen molar-refractivity contribution in [1.29, 1.82) is 0 Å². The van der Waals surface area contributed by atoms with E-state index in [1.165, 1.54) is 218 Å². The van der Waals surface area contributed by atoms with E-state index < -0.39 is 6.10 Å². The molecule has 0 heterocycles. The number of hydrogen-bond acceptors (Lipinski definition) is 6. The van der Waals surface area contributed by atoms with Crippen LogP contribution in [0.3, 0.4) is 0 Å². The van der Waals surface area contributed by atoms with E-state index in [0.717, 1.165) is 96.3 Å². The molecule has 6 heteroatoms. The zero-order chi connectivity index (χ0) is 55.7. The molecule has 0 aromatic heterocycles. The van der Waals surface area contributed by atoms with Crippen LogP contribution in [-0.2, 0) is 28.6 Å². The Morgan fingerprint density at radius 3 is 0.753 bits per heavy atom. The van der Waals surface area contributed by atoms with Gasteiger partial charge in [-0.1, -0.05) is 306 Å².